The van der Waals surface area contributed by atoms with E-state index in [4.69, 9.17) is 16.3 Å². The number of hydrogen-bond donors (Lipinski definition) is 3. The van der Waals surface area contributed by atoms with E-state index in [0.29, 0.717) is 47.6 Å². The van der Waals surface area contributed by atoms with Crippen molar-refractivity contribution in [3.63, 3.8) is 0 Å². The van der Waals surface area contributed by atoms with E-state index < -0.39 is 0 Å². The average Bonchev–Trinajstić information content (AvgIpc) is 3.00. The maximum absolute atomic E-state index is 12.8. The van der Waals surface area contributed by atoms with Crippen LogP contribution in [0.4, 0.5) is 28.8 Å². The number of fused-ring (bicyclic) bond motifs is 1. The molecule has 2 amide bonds. The first-order valence-electron chi connectivity index (χ1n) is 13.6. The number of rotatable bonds is 9. The number of carbonyl (C=O) groups excluding carboxylic acids is 2. The smallest absolute Gasteiger partial charge is 0.248 e. The van der Waals surface area contributed by atoms with Gasteiger partial charge < -0.3 is 25.6 Å². The maximum Gasteiger partial charge on any atom is 0.248 e. The fraction of sp³-hybridized carbons (Fsp3) is 0.226. The predicted octanol–water partition coefficient (Wildman–Crippen LogP) is 5.44. The second kappa shape index (κ2) is 13.3. The molecule has 1 saturated heterocycles. The van der Waals surface area contributed by atoms with Gasteiger partial charge in [0.1, 0.15) is 10.8 Å². The summed E-state index contributed by atoms with van der Waals surface area (Å²) in [6, 6.07) is 19.4. The molecule has 1 aliphatic heterocycles. The molecule has 5 rings (SSSR count). The number of amides is 2. The van der Waals surface area contributed by atoms with Gasteiger partial charge in [0.05, 0.1) is 24.7 Å². The lowest BCUT2D eigenvalue weighted by Gasteiger charge is -2.33. The zero-order chi connectivity index (χ0) is 29.5. The molecule has 11 heteroatoms. The lowest BCUT2D eigenvalue weighted by atomic mass is 10.1. The largest absolute Gasteiger partial charge is 0.497 e. The molecule has 216 valence electrons. The van der Waals surface area contributed by atoms with Crippen LogP contribution in [0, 0.1) is 0 Å². The lowest BCUT2D eigenvalue weighted by molar-refractivity contribution is -0.130. The van der Waals surface area contributed by atoms with Crippen LogP contribution in [0.1, 0.15) is 6.92 Å². The second-order valence-corrected chi connectivity index (χ2v) is 10.2. The van der Waals surface area contributed by atoms with Crippen molar-refractivity contribution in [3.8, 4) is 5.75 Å². The Labute approximate surface area is 249 Å². The van der Waals surface area contributed by atoms with Crippen LogP contribution < -0.4 is 20.7 Å². The zero-order valence-corrected chi connectivity index (χ0v) is 24.2. The van der Waals surface area contributed by atoms with Gasteiger partial charge in [0, 0.05) is 57.5 Å². The van der Waals surface area contributed by atoms with Crippen LogP contribution >= 0.6 is 11.6 Å². The first kappa shape index (κ1) is 28.8. The Hall–Kier alpha value is -4.67. The number of benzene rings is 3. The van der Waals surface area contributed by atoms with E-state index in [0.717, 1.165) is 29.5 Å². The van der Waals surface area contributed by atoms with Crippen LogP contribution in [-0.2, 0) is 9.59 Å². The van der Waals surface area contributed by atoms with E-state index in [2.05, 4.69) is 36.9 Å². The molecule has 1 aliphatic rings. The van der Waals surface area contributed by atoms with E-state index >= 15 is 0 Å². The molecule has 0 spiro atoms. The van der Waals surface area contributed by atoms with Crippen LogP contribution in [0.5, 0.6) is 5.75 Å². The standard InChI is InChI=1S/C31H32ClN7O3/c1-21(40)39-16-14-38(15-17-39)13-5-8-29(41)35-27-12-11-25(42-2)19-28(27)36-31-33-20-26(32)30(37-31)34-24-10-9-22-6-3-4-7-23(22)18-24/h3-12,18-20H,13-17H2,1-2H3,(H,35,41)(H2,33,34,36,37)/b8-5+. The Morgan fingerprint density at radius 3 is 2.52 bits per heavy atom. The summed E-state index contributed by atoms with van der Waals surface area (Å²) in [6.07, 6.45) is 4.84. The van der Waals surface area contributed by atoms with Crippen molar-refractivity contribution in [3.05, 3.63) is 84.0 Å². The van der Waals surface area contributed by atoms with Gasteiger partial charge in [0.15, 0.2) is 5.82 Å². The Bertz CT molecular complexity index is 1620. The summed E-state index contributed by atoms with van der Waals surface area (Å²) in [5.41, 5.74) is 1.92. The maximum atomic E-state index is 12.8. The van der Waals surface area contributed by atoms with Crippen molar-refractivity contribution in [1.82, 2.24) is 19.8 Å². The highest BCUT2D eigenvalue weighted by Gasteiger charge is 2.17. The van der Waals surface area contributed by atoms with Crippen LogP contribution in [0.3, 0.4) is 0 Å². The highest BCUT2D eigenvalue weighted by atomic mass is 35.5. The number of halogens is 1. The minimum atomic E-state index is -0.277. The molecule has 0 atom stereocenters. The van der Waals surface area contributed by atoms with Crippen LogP contribution in [0.25, 0.3) is 10.8 Å². The molecule has 1 aromatic heterocycles. The number of nitrogens with one attached hydrogen (secondary N) is 3. The average molecular weight is 586 g/mol. The van der Waals surface area contributed by atoms with E-state index in [1.807, 2.05) is 47.4 Å². The minimum absolute atomic E-state index is 0.0925. The number of aromatic nitrogens is 2. The highest BCUT2D eigenvalue weighted by molar-refractivity contribution is 6.33. The number of hydrogen-bond acceptors (Lipinski definition) is 8. The monoisotopic (exact) mass is 585 g/mol. The van der Waals surface area contributed by atoms with Crippen LogP contribution in [-0.4, -0.2) is 71.4 Å². The number of carbonyl (C=O) groups is 2. The van der Waals surface area contributed by atoms with E-state index in [-0.39, 0.29) is 17.8 Å². The SMILES string of the molecule is COc1ccc(NC(=O)/C=C/CN2CCN(C(C)=O)CC2)c(Nc2ncc(Cl)c(Nc3ccc4ccccc4c3)n2)c1. The van der Waals surface area contributed by atoms with Crippen molar-refractivity contribution in [2.45, 2.75) is 6.92 Å². The number of ether oxygens (including phenoxy) is 1. The summed E-state index contributed by atoms with van der Waals surface area (Å²) in [7, 11) is 1.57. The first-order valence-corrected chi connectivity index (χ1v) is 13.9. The minimum Gasteiger partial charge on any atom is -0.497 e. The van der Waals surface area contributed by atoms with Gasteiger partial charge in [-0.05, 0) is 35.0 Å². The lowest BCUT2D eigenvalue weighted by Crippen LogP contribution is -2.47. The van der Waals surface area contributed by atoms with Gasteiger partial charge >= 0.3 is 0 Å². The fourth-order valence-corrected chi connectivity index (χ4v) is 4.77. The third kappa shape index (κ3) is 7.34. The molecule has 3 aromatic carbocycles. The molecular weight excluding hydrogens is 554 g/mol. The first-order chi connectivity index (χ1) is 20.4. The summed E-state index contributed by atoms with van der Waals surface area (Å²) in [4.78, 5) is 37.2. The van der Waals surface area contributed by atoms with E-state index in [1.165, 1.54) is 12.3 Å². The molecule has 0 aliphatic carbocycles. The topological polar surface area (TPSA) is 112 Å². The number of nitrogens with zero attached hydrogens (tertiary/aromatic N) is 4. The molecule has 42 heavy (non-hydrogen) atoms. The van der Waals surface area contributed by atoms with Crippen molar-refractivity contribution < 1.29 is 14.3 Å². The Morgan fingerprint density at radius 1 is 0.976 bits per heavy atom. The molecule has 1 fully saturated rings. The third-order valence-corrected chi connectivity index (χ3v) is 7.21. The molecular formula is C31H32ClN7O3. The molecule has 10 nitrogen and oxygen atoms in total. The van der Waals surface area contributed by atoms with Gasteiger partial charge in [-0.2, -0.15) is 4.98 Å². The summed E-state index contributed by atoms with van der Waals surface area (Å²) >= 11 is 6.42. The number of piperazine rings is 1. The number of anilines is 5. The van der Waals surface area contributed by atoms with E-state index in [9.17, 15) is 9.59 Å². The molecule has 0 unspecified atom stereocenters. The van der Waals surface area contributed by atoms with Gasteiger partial charge in [-0.15, -0.1) is 0 Å². The fourth-order valence-electron chi connectivity index (χ4n) is 4.63. The molecule has 0 saturated carbocycles. The van der Waals surface area contributed by atoms with Gasteiger partial charge in [0.2, 0.25) is 17.8 Å². The second-order valence-electron chi connectivity index (χ2n) is 9.81. The van der Waals surface area contributed by atoms with Gasteiger partial charge in [-0.1, -0.05) is 48.0 Å². The Balaban J connectivity index is 1.26. The molecule has 4 aromatic rings. The van der Waals surface area contributed by atoms with Crippen molar-refractivity contribution in [1.29, 1.82) is 0 Å². The van der Waals surface area contributed by atoms with Gasteiger partial charge in [0.25, 0.3) is 0 Å². The van der Waals surface area contributed by atoms with Gasteiger partial charge in [-0.25, -0.2) is 4.98 Å². The summed E-state index contributed by atoms with van der Waals surface area (Å²) in [5, 5.41) is 11.9. The van der Waals surface area contributed by atoms with Crippen LogP contribution in [0.2, 0.25) is 5.02 Å². The van der Waals surface area contributed by atoms with Crippen LogP contribution in [0.15, 0.2) is 79.0 Å². The van der Waals surface area contributed by atoms with Crippen molar-refractivity contribution in [2.24, 2.45) is 0 Å². The van der Waals surface area contributed by atoms with E-state index in [1.54, 1.807) is 32.2 Å². The summed E-state index contributed by atoms with van der Waals surface area (Å²) < 4.78 is 5.39. The highest BCUT2D eigenvalue weighted by Crippen LogP contribution is 2.31. The van der Waals surface area contributed by atoms with Gasteiger partial charge in [-0.3, -0.25) is 14.5 Å². The van der Waals surface area contributed by atoms with Crippen molar-refractivity contribution in [2.75, 3.05) is 55.8 Å². The molecule has 0 radical (unpaired) electrons. The Kier molecular flexibility index (Phi) is 9.15. The predicted molar refractivity (Wildman–Crippen MR) is 167 cm³/mol. The molecule has 0 bridgehead atoms. The zero-order valence-electron chi connectivity index (χ0n) is 23.4. The molecule has 2 heterocycles. The molecule has 3 N–H and O–H groups in total. The number of methoxy groups -OCH3 is 1. The normalized spacial score (nSPS) is 13.7. The summed E-state index contributed by atoms with van der Waals surface area (Å²) in [5.74, 6) is 1.13. The quantitative estimate of drug-likeness (QED) is 0.223. The third-order valence-electron chi connectivity index (χ3n) is 6.94. The van der Waals surface area contributed by atoms with Crippen molar-refractivity contribution >= 4 is 63.0 Å². The Morgan fingerprint density at radius 2 is 1.76 bits per heavy atom. The summed E-state index contributed by atoms with van der Waals surface area (Å²) in [6.45, 7) is 5.15.